The van der Waals surface area contributed by atoms with Crippen molar-refractivity contribution in [3.05, 3.63) is 66.8 Å². The molecule has 0 unspecified atom stereocenters. The first-order chi connectivity index (χ1) is 14.4. The summed E-state index contributed by atoms with van der Waals surface area (Å²) in [7, 11) is 0. The van der Waals surface area contributed by atoms with Gasteiger partial charge in [0.05, 0.1) is 21.7 Å². The third kappa shape index (κ3) is 6.18. The van der Waals surface area contributed by atoms with Gasteiger partial charge in [0.15, 0.2) is 11.5 Å². The van der Waals surface area contributed by atoms with Crippen LogP contribution in [0, 0.1) is 25.0 Å². The molecule has 0 saturated heterocycles. The maximum Gasteiger partial charge on any atom is 0.348 e. The summed E-state index contributed by atoms with van der Waals surface area (Å²) in [5.41, 5.74) is 1.25. The molecule has 30 heavy (non-hydrogen) atoms. The van der Waals surface area contributed by atoms with Crippen LogP contribution in [-0.2, 0) is 16.1 Å². The molecule has 0 saturated carbocycles. The van der Waals surface area contributed by atoms with Crippen LogP contribution in [0.4, 0.5) is 5.69 Å². The van der Waals surface area contributed by atoms with Crippen molar-refractivity contribution in [2.45, 2.75) is 20.5 Å². The first-order valence-electron chi connectivity index (χ1n) is 9.01. The van der Waals surface area contributed by atoms with Gasteiger partial charge in [-0.25, -0.2) is 4.79 Å². The molecule has 0 aliphatic rings. The number of nitriles is 1. The highest BCUT2D eigenvalue weighted by Gasteiger charge is 2.15. The normalized spacial score (nSPS) is 10.8. The molecule has 0 bridgehead atoms. The van der Waals surface area contributed by atoms with E-state index in [9.17, 15) is 20.2 Å². The number of hydrogen-bond donors (Lipinski definition) is 0. The molecule has 2 aromatic rings. The van der Waals surface area contributed by atoms with Gasteiger partial charge >= 0.3 is 5.97 Å². The van der Waals surface area contributed by atoms with Gasteiger partial charge in [0.25, 0.3) is 5.69 Å². The Bertz CT molecular complexity index is 996. The first kappa shape index (κ1) is 23.2. The van der Waals surface area contributed by atoms with Crippen LogP contribution in [0.2, 0.25) is 0 Å². The fraction of sp³-hybridized carbons (Fsp3) is 0.238. The molecule has 0 aliphatic heterocycles. The van der Waals surface area contributed by atoms with Crippen LogP contribution < -0.4 is 9.47 Å². The van der Waals surface area contributed by atoms with Gasteiger partial charge < -0.3 is 14.2 Å². The van der Waals surface area contributed by atoms with Gasteiger partial charge in [0.1, 0.15) is 18.2 Å². The Hall–Kier alpha value is -3.13. The number of ether oxygens (including phenoxy) is 3. The zero-order valence-electron chi connectivity index (χ0n) is 16.4. The number of non-ortho nitro benzene ring substituents is 1. The molecule has 0 fully saturated rings. The minimum atomic E-state index is -0.688. The summed E-state index contributed by atoms with van der Waals surface area (Å²) in [5, 5.41) is 20.0. The SMILES string of the molecule is CCOC(=O)/C(C#N)=C\c1cc(I)c(OCc2ccc([N+](=O)[O-])cc2)c(OCC)c1. The molecule has 0 atom stereocenters. The summed E-state index contributed by atoms with van der Waals surface area (Å²) in [6.07, 6.45) is 1.43. The molecule has 0 aliphatic carbocycles. The van der Waals surface area contributed by atoms with Crippen molar-refractivity contribution in [1.82, 2.24) is 0 Å². The number of carbonyl (C=O) groups excluding carboxylic acids is 1. The van der Waals surface area contributed by atoms with Gasteiger partial charge in [-0.05, 0) is 77.9 Å². The van der Waals surface area contributed by atoms with Crippen LogP contribution >= 0.6 is 22.6 Å². The van der Waals surface area contributed by atoms with E-state index in [2.05, 4.69) is 22.6 Å². The molecule has 0 N–H and O–H groups in total. The third-order valence-corrected chi connectivity index (χ3v) is 4.59. The van der Waals surface area contributed by atoms with Gasteiger partial charge in [0.2, 0.25) is 0 Å². The molecule has 2 aromatic carbocycles. The highest BCUT2D eigenvalue weighted by atomic mass is 127. The van der Waals surface area contributed by atoms with E-state index in [-0.39, 0.29) is 24.5 Å². The summed E-state index contributed by atoms with van der Waals surface area (Å²) < 4.78 is 17.2. The van der Waals surface area contributed by atoms with Crippen LogP contribution in [0.15, 0.2) is 42.0 Å². The van der Waals surface area contributed by atoms with Crippen LogP contribution in [0.3, 0.4) is 0 Å². The Morgan fingerprint density at radius 2 is 1.90 bits per heavy atom. The van der Waals surface area contributed by atoms with E-state index in [0.29, 0.717) is 27.2 Å². The maximum absolute atomic E-state index is 11.9. The van der Waals surface area contributed by atoms with E-state index >= 15 is 0 Å². The minimum Gasteiger partial charge on any atom is -0.490 e. The fourth-order valence-corrected chi connectivity index (χ4v) is 3.24. The third-order valence-electron chi connectivity index (χ3n) is 3.79. The van der Waals surface area contributed by atoms with Gasteiger partial charge in [-0.3, -0.25) is 10.1 Å². The molecule has 0 spiro atoms. The maximum atomic E-state index is 11.9. The van der Waals surface area contributed by atoms with Gasteiger partial charge in [-0.1, -0.05) is 0 Å². The monoisotopic (exact) mass is 522 g/mol. The fourth-order valence-electron chi connectivity index (χ4n) is 2.46. The summed E-state index contributed by atoms with van der Waals surface area (Å²) in [6.45, 7) is 4.25. The van der Waals surface area contributed by atoms with Crippen molar-refractivity contribution >= 4 is 40.3 Å². The second-order valence-electron chi connectivity index (χ2n) is 5.87. The molecule has 0 aromatic heterocycles. The van der Waals surface area contributed by atoms with E-state index in [1.165, 1.54) is 18.2 Å². The zero-order chi connectivity index (χ0) is 22.1. The summed E-state index contributed by atoms with van der Waals surface area (Å²) >= 11 is 2.08. The predicted molar refractivity (Wildman–Crippen MR) is 118 cm³/mol. The van der Waals surface area contributed by atoms with Crippen LogP contribution in [0.5, 0.6) is 11.5 Å². The quantitative estimate of drug-likeness (QED) is 0.118. The second kappa shape index (κ2) is 11.2. The lowest BCUT2D eigenvalue weighted by Crippen LogP contribution is -2.06. The number of nitro benzene ring substituents is 1. The van der Waals surface area contributed by atoms with Gasteiger partial charge in [0, 0.05) is 12.1 Å². The van der Waals surface area contributed by atoms with Crippen molar-refractivity contribution < 1.29 is 23.9 Å². The van der Waals surface area contributed by atoms with E-state index in [1.807, 2.05) is 13.0 Å². The Kier molecular flexibility index (Phi) is 8.61. The average Bonchev–Trinajstić information content (AvgIpc) is 2.72. The molecule has 156 valence electrons. The predicted octanol–water partition coefficient (Wildman–Crippen LogP) is 4.65. The van der Waals surface area contributed by atoms with Gasteiger partial charge in [-0.2, -0.15) is 5.26 Å². The Labute approximate surface area is 187 Å². The number of nitro groups is 1. The highest BCUT2D eigenvalue weighted by Crippen LogP contribution is 2.35. The van der Waals surface area contributed by atoms with Crippen molar-refractivity contribution in [2.24, 2.45) is 0 Å². The largest absolute Gasteiger partial charge is 0.490 e. The van der Waals surface area contributed by atoms with E-state index in [0.717, 1.165) is 5.56 Å². The molecule has 0 amide bonds. The molecule has 2 rings (SSSR count). The highest BCUT2D eigenvalue weighted by molar-refractivity contribution is 14.1. The molecule has 0 heterocycles. The number of esters is 1. The number of halogens is 1. The number of benzene rings is 2. The van der Waals surface area contributed by atoms with Crippen molar-refractivity contribution in [3.63, 3.8) is 0 Å². The number of nitrogens with zero attached hydrogens (tertiary/aromatic N) is 2. The van der Waals surface area contributed by atoms with E-state index in [4.69, 9.17) is 14.2 Å². The molecule has 0 radical (unpaired) electrons. The first-order valence-corrected chi connectivity index (χ1v) is 10.1. The lowest BCUT2D eigenvalue weighted by Gasteiger charge is -2.15. The van der Waals surface area contributed by atoms with Crippen LogP contribution in [0.25, 0.3) is 6.08 Å². The van der Waals surface area contributed by atoms with E-state index < -0.39 is 10.9 Å². The molecule has 9 heteroatoms. The van der Waals surface area contributed by atoms with Crippen molar-refractivity contribution in [2.75, 3.05) is 13.2 Å². The van der Waals surface area contributed by atoms with Gasteiger partial charge in [-0.15, -0.1) is 0 Å². The van der Waals surface area contributed by atoms with Crippen molar-refractivity contribution in [1.29, 1.82) is 5.26 Å². The topological polar surface area (TPSA) is 112 Å². The smallest absolute Gasteiger partial charge is 0.348 e. The summed E-state index contributed by atoms with van der Waals surface area (Å²) in [4.78, 5) is 22.2. The molecular formula is C21H19IN2O6. The second-order valence-corrected chi connectivity index (χ2v) is 7.03. The van der Waals surface area contributed by atoms with E-state index in [1.54, 1.807) is 31.2 Å². The minimum absolute atomic E-state index is 0.00868. The Morgan fingerprint density at radius 3 is 2.47 bits per heavy atom. The van der Waals surface area contributed by atoms with Crippen LogP contribution in [-0.4, -0.2) is 24.1 Å². The summed E-state index contributed by atoms with van der Waals surface area (Å²) in [6, 6.07) is 11.4. The number of hydrogen-bond acceptors (Lipinski definition) is 7. The summed E-state index contributed by atoms with van der Waals surface area (Å²) in [5.74, 6) is 0.271. The zero-order valence-corrected chi connectivity index (χ0v) is 18.5. The lowest BCUT2D eigenvalue weighted by atomic mass is 10.1. The Morgan fingerprint density at radius 1 is 1.20 bits per heavy atom. The standard InChI is InChI=1S/C21H19IN2O6/c1-3-28-19-11-15(9-16(12-23)21(25)29-4-2)10-18(22)20(19)30-13-14-5-7-17(8-6-14)24(26)27/h5-11H,3-4,13H2,1-2H3/b16-9-. The number of rotatable bonds is 9. The average molecular weight is 522 g/mol. The molecule has 8 nitrogen and oxygen atoms in total. The molecular weight excluding hydrogens is 503 g/mol. The Balaban J connectivity index is 2.29. The number of carbonyl (C=O) groups is 1. The van der Waals surface area contributed by atoms with Crippen LogP contribution in [0.1, 0.15) is 25.0 Å². The van der Waals surface area contributed by atoms with Crippen molar-refractivity contribution in [3.8, 4) is 17.6 Å². The lowest BCUT2D eigenvalue weighted by molar-refractivity contribution is -0.384.